The number of nitrogens with two attached hydrogens (primary N) is 1. The van der Waals surface area contributed by atoms with Gasteiger partial charge in [0.2, 0.25) is 0 Å². The summed E-state index contributed by atoms with van der Waals surface area (Å²) in [6.45, 7) is 16.5. The fraction of sp³-hybridized carbons (Fsp3) is 0.583. The van der Waals surface area contributed by atoms with E-state index in [1.807, 2.05) is 46.9 Å². The minimum atomic E-state index is -0.493. The fourth-order valence-electron chi connectivity index (χ4n) is 3.93. The molecule has 0 aromatic heterocycles. The molecule has 7 nitrogen and oxygen atoms in total. The van der Waals surface area contributed by atoms with Crippen LogP contribution in [0, 0.1) is 6.92 Å². The zero-order valence-corrected chi connectivity index (χ0v) is 19.7. The first kappa shape index (κ1) is 24.7. The second kappa shape index (κ2) is 10.7. The molecule has 1 saturated carbocycles. The first-order valence-electron chi connectivity index (χ1n) is 10.9. The normalized spacial score (nSPS) is 18.8. The van der Waals surface area contributed by atoms with E-state index in [4.69, 9.17) is 15.2 Å². The third kappa shape index (κ3) is 6.99. The number of hydrogen-bond donors (Lipinski definition) is 2. The first-order valence-corrected chi connectivity index (χ1v) is 10.9. The molecule has 0 bridgehead atoms. The molecule has 1 aliphatic carbocycles. The van der Waals surface area contributed by atoms with Crippen molar-refractivity contribution in [3.8, 4) is 5.75 Å². The quantitative estimate of drug-likeness (QED) is 0.601. The average Bonchev–Trinajstić information content (AvgIpc) is 2.67. The zero-order valence-electron chi connectivity index (χ0n) is 19.7. The molecule has 3 N–H and O–H groups in total. The number of hydrogen-bond acceptors (Lipinski definition) is 6. The number of alkyl carbamates (subject to hydrolysis) is 1. The highest BCUT2D eigenvalue weighted by atomic mass is 16.6. The van der Waals surface area contributed by atoms with Crippen LogP contribution >= 0.6 is 0 Å². The molecule has 1 amide bonds. The summed E-state index contributed by atoms with van der Waals surface area (Å²) >= 11 is 0. The van der Waals surface area contributed by atoms with E-state index in [2.05, 4.69) is 28.5 Å². The summed E-state index contributed by atoms with van der Waals surface area (Å²) in [5.41, 5.74) is 8.94. The minimum Gasteiger partial charge on any atom is -0.488 e. The second-order valence-corrected chi connectivity index (χ2v) is 9.14. The maximum absolute atomic E-state index is 12.0. The number of nitrogens with one attached hydrogen (secondary N) is 1. The third-order valence-corrected chi connectivity index (χ3v) is 5.43. The summed E-state index contributed by atoms with van der Waals surface area (Å²) in [5, 5.41) is 2.98. The number of carbonyl (C=O) groups is 1. The van der Waals surface area contributed by atoms with E-state index in [-0.39, 0.29) is 18.2 Å². The van der Waals surface area contributed by atoms with Gasteiger partial charge in [-0.3, -0.25) is 4.99 Å². The second-order valence-electron chi connectivity index (χ2n) is 9.14. The summed E-state index contributed by atoms with van der Waals surface area (Å²) < 4.78 is 11.8. The lowest BCUT2D eigenvalue weighted by Gasteiger charge is -2.32. The van der Waals surface area contributed by atoms with Gasteiger partial charge in [0.05, 0.1) is 17.5 Å². The summed E-state index contributed by atoms with van der Waals surface area (Å²) in [4.78, 5) is 18.1. The van der Waals surface area contributed by atoms with E-state index in [0.29, 0.717) is 18.8 Å². The predicted molar refractivity (Wildman–Crippen MR) is 128 cm³/mol. The van der Waals surface area contributed by atoms with Crippen LogP contribution in [0.4, 0.5) is 10.5 Å². The molecule has 0 unspecified atom stereocenters. The Morgan fingerprint density at radius 1 is 1.29 bits per heavy atom. The van der Waals surface area contributed by atoms with E-state index in [0.717, 1.165) is 48.2 Å². The van der Waals surface area contributed by atoms with E-state index in [9.17, 15) is 4.79 Å². The Bertz CT molecular complexity index is 793. The molecule has 172 valence electrons. The maximum Gasteiger partial charge on any atom is 0.407 e. The lowest BCUT2D eigenvalue weighted by Crippen LogP contribution is -2.42. The molecule has 1 aromatic carbocycles. The summed E-state index contributed by atoms with van der Waals surface area (Å²) in [6, 6.07) is 4.07. The number of anilines is 1. The van der Waals surface area contributed by atoms with Crippen LogP contribution in [0.1, 0.15) is 57.6 Å². The SMILES string of the molecule is C=NC(=C)c1ccc(OC2CCC(NC(=O)OC(C)(C)C)CC2)c(N(C)CCN)c1C. The van der Waals surface area contributed by atoms with Gasteiger partial charge in [0.15, 0.2) is 0 Å². The molecule has 0 aliphatic heterocycles. The van der Waals surface area contributed by atoms with Gasteiger partial charge in [-0.1, -0.05) is 6.58 Å². The Morgan fingerprint density at radius 3 is 2.48 bits per heavy atom. The van der Waals surface area contributed by atoms with Crippen molar-refractivity contribution in [2.45, 2.75) is 71.1 Å². The molecule has 1 aliphatic rings. The van der Waals surface area contributed by atoms with E-state index < -0.39 is 5.60 Å². The van der Waals surface area contributed by atoms with Crippen LogP contribution in [0.5, 0.6) is 5.75 Å². The molecular weight excluding hydrogens is 392 g/mol. The van der Waals surface area contributed by atoms with Crippen molar-refractivity contribution in [2.24, 2.45) is 10.7 Å². The highest BCUT2D eigenvalue weighted by Gasteiger charge is 2.27. The predicted octanol–water partition coefficient (Wildman–Crippen LogP) is 4.28. The Kier molecular flexibility index (Phi) is 8.51. The van der Waals surface area contributed by atoms with Crippen molar-refractivity contribution in [3.63, 3.8) is 0 Å². The van der Waals surface area contributed by atoms with Crippen molar-refractivity contribution in [1.82, 2.24) is 5.32 Å². The van der Waals surface area contributed by atoms with Crippen molar-refractivity contribution in [2.75, 3.05) is 25.0 Å². The van der Waals surface area contributed by atoms with Crippen molar-refractivity contribution in [3.05, 3.63) is 29.8 Å². The van der Waals surface area contributed by atoms with Crippen LogP contribution in [0.15, 0.2) is 23.7 Å². The fourth-order valence-corrected chi connectivity index (χ4v) is 3.93. The van der Waals surface area contributed by atoms with Gasteiger partial charge >= 0.3 is 6.09 Å². The maximum atomic E-state index is 12.0. The lowest BCUT2D eigenvalue weighted by atomic mass is 9.93. The number of nitrogens with zero attached hydrogens (tertiary/aromatic N) is 2. The van der Waals surface area contributed by atoms with Crippen LogP contribution in [0.3, 0.4) is 0 Å². The number of rotatable bonds is 8. The Morgan fingerprint density at radius 2 is 1.94 bits per heavy atom. The summed E-state index contributed by atoms with van der Waals surface area (Å²) in [6.07, 6.45) is 3.17. The van der Waals surface area contributed by atoms with Crippen LogP contribution in [-0.4, -0.2) is 50.7 Å². The molecule has 0 saturated heterocycles. The Labute approximate surface area is 186 Å². The highest BCUT2D eigenvalue weighted by Crippen LogP contribution is 2.38. The number of amides is 1. The topological polar surface area (TPSA) is 89.2 Å². The minimum absolute atomic E-state index is 0.0905. The van der Waals surface area contributed by atoms with Gasteiger partial charge in [-0.2, -0.15) is 0 Å². The first-order chi connectivity index (χ1) is 14.6. The number of benzene rings is 1. The van der Waals surface area contributed by atoms with Gasteiger partial charge in [-0.05, 0) is 77.8 Å². The largest absolute Gasteiger partial charge is 0.488 e. The molecule has 0 radical (unpaired) electrons. The number of aliphatic imine (C=N–C) groups is 1. The molecule has 1 fully saturated rings. The lowest BCUT2D eigenvalue weighted by molar-refractivity contribution is 0.0471. The van der Waals surface area contributed by atoms with Crippen molar-refractivity contribution >= 4 is 24.2 Å². The van der Waals surface area contributed by atoms with E-state index >= 15 is 0 Å². The molecular formula is C24H38N4O3. The molecule has 2 rings (SSSR count). The molecule has 31 heavy (non-hydrogen) atoms. The van der Waals surface area contributed by atoms with Gasteiger partial charge in [0.25, 0.3) is 0 Å². The van der Waals surface area contributed by atoms with Crippen LogP contribution in [-0.2, 0) is 4.74 Å². The number of ether oxygens (including phenoxy) is 2. The van der Waals surface area contributed by atoms with Gasteiger partial charge in [-0.15, -0.1) is 0 Å². The zero-order chi connectivity index (χ0) is 23.2. The molecule has 0 heterocycles. The molecule has 0 atom stereocenters. The monoisotopic (exact) mass is 430 g/mol. The van der Waals surface area contributed by atoms with Crippen molar-refractivity contribution in [1.29, 1.82) is 0 Å². The Hall–Kier alpha value is -2.54. The molecule has 0 spiro atoms. The standard InChI is InChI=1S/C24H38N4O3/c1-16-20(17(2)26-6)12-13-21(22(16)28(7)15-14-25)30-19-10-8-18(9-11-19)27-23(29)31-24(3,4)5/h12-13,18-19H,2,6,8-11,14-15,25H2,1,3-5,7H3,(H,27,29). The highest BCUT2D eigenvalue weighted by molar-refractivity contribution is 5.77. The molecule has 1 aromatic rings. The molecule has 7 heteroatoms. The van der Waals surface area contributed by atoms with Crippen LogP contribution < -0.4 is 20.7 Å². The summed E-state index contributed by atoms with van der Waals surface area (Å²) in [5.74, 6) is 0.831. The summed E-state index contributed by atoms with van der Waals surface area (Å²) in [7, 11) is 2.01. The Balaban J connectivity index is 2.08. The third-order valence-electron chi connectivity index (χ3n) is 5.43. The van der Waals surface area contributed by atoms with Crippen molar-refractivity contribution < 1.29 is 14.3 Å². The van der Waals surface area contributed by atoms with Gasteiger partial charge in [-0.25, -0.2) is 4.79 Å². The van der Waals surface area contributed by atoms with Crippen LogP contribution in [0.25, 0.3) is 5.70 Å². The smallest absolute Gasteiger partial charge is 0.407 e. The van der Waals surface area contributed by atoms with Gasteiger partial charge in [0, 0.05) is 31.7 Å². The van der Waals surface area contributed by atoms with Gasteiger partial charge in [0.1, 0.15) is 11.4 Å². The van der Waals surface area contributed by atoms with E-state index in [1.54, 1.807) is 0 Å². The van der Waals surface area contributed by atoms with Gasteiger partial charge < -0.3 is 25.4 Å². The van der Waals surface area contributed by atoms with E-state index in [1.165, 1.54) is 0 Å². The van der Waals surface area contributed by atoms with Crippen LogP contribution in [0.2, 0.25) is 0 Å². The average molecular weight is 431 g/mol. The number of carbonyl (C=O) groups excluding carboxylic acids is 1. The number of likely N-dealkylation sites (N-methyl/N-ethyl adjacent to an activating group) is 1.